The highest BCUT2D eigenvalue weighted by Crippen LogP contribution is 2.39. The molecule has 3 nitrogen and oxygen atoms in total. The van der Waals surface area contributed by atoms with Gasteiger partial charge in [0.05, 0.1) is 22.2 Å². The molecule has 0 spiro atoms. The first kappa shape index (κ1) is 21.2. The van der Waals surface area contributed by atoms with Crippen LogP contribution in [0.25, 0.3) is 0 Å². The molecular formula is C23H24ClF3N2O. The highest BCUT2D eigenvalue weighted by molar-refractivity contribution is 6.34. The third-order valence-corrected chi connectivity index (χ3v) is 6.68. The zero-order valence-corrected chi connectivity index (χ0v) is 17.2. The Balaban J connectivity index is 1.64. The Bertz CT molecular complexity index is 903. The molecule has 0 radical (unpaired) electrons. The number of fused-ring (bicyclic) bond motifs is 1. The first-order valence-electron chi connectivity index (χ1n) is 10.3. The Kier molecular flexibility index (Phi) is 6.07. The molecule has 4 rings (SSSR count). The van der Waals surface area contributed by atoms with Gasteiger partial charge in [-0.1, -0.05) is 54.4 Å². The molecule has 1 amide bonds. The number of rotatable bonds is 4. The summed E-state index contributed by atoms with van der Waals surface area (Å²) < 4.78 is 39.7. The number of carbonyl (C=O) groups is 1. The van der Waals surface area contributed by atoms with Crippen LogP contribution in [0.5, 0.6) is 0 Å². The van der Waals surface area contributed by atoms with Crippen molar-refractivity contribution >= 4 is 17.5 Å². The van der Waals surface area contributed by atoms with Crippen LogP contribution in [0.2, 0.25) is 5.02 Å². The SMILES string of the molecule is O=C(NC(c1ccccc1)[C@@H]1CC[C@H]2CCCCN21)c1cccc(C(F)(F)F)c1Cl. The van der Waals surface area contributed by atoms with Crippen LogP contribution in [0, 0.1) is 0 Å². The molecule has 160 valence electrons. The molecule has 30 heavy (non-hydrogen) atoms. The largest absolute Gasteiger partial charge is 0.417 e. The quantitative estimate of drug-likeness (QED) is 0.652. The first-order chi connectivity index (χ1) is 14.4. The summed E-state index contributed by atoms with van der Waals surface area (Å²) in [5.41, 5.74) is -0.198. The Morgan fingerprint density at radius 3 is 2.53 bits per heavy atom. The van der Waals surface area contributed by atoms with Crippen LogP contribution in [0.4, 0.5) is 13.2 Å². The Labute approximate surface area is 179 Å². The lowest BCUT2D eigenvalue weighted by Gasteiger charge is -2.38. The van der Waals surface area contributed by atoms with Gasteiger partial charge < -0.3 is 5.32 Å². The number of halogens is 4. The van der Waals surface area contributed by atoms with E-state index >= 15 is 0 Å². The molecule has 0 bridgehead atoms. The molecule has 2 fully saturated rings. The summed E-state index contributed by atoms with van der Waals surface area (Å²) in [6.07, 6.45) is 0.914. The maximum Gasteiger partial charge on any atom is 0.417 e. The van der Waals surface area contributed by atoms with Crippen LogP contribution in [0.15, 0.2) is 48.5 Å². The summed E-state index contributed by atoms with van der Waals surface area (Å²) >= 11 is 6.00. The van der Waals surface area contributed by atoms with Crippen molar-refractivity contribution < 1.29 is 18.0 Å². The maximum atomic E-state index is 13.2. The van der Waals surface area contributed by atoms with Crippen LogP contribution in [-0.2, 0) is 6.18 Å². The van der Waals surface area contributed by atoms with Gasteiger partial charge in [-0.3, -0.25) is 9.69 Å². The van der Waals surface area contributed by atoms with Crippen LogP contribution in [-0.4, -0.2) is 29.4 Å². The van der Waals surface area contributed by atoms with Crippen molar-refractivity contribution in [1.82, 2.24) is 10.2 Å². The van der Waals surface area contributed by atoms with Gasteiger partial charge in [0.1, 0.15) is 0 Å². The van der Waals surface area contributed by atoms with E-state index in [-0.39, 0.29) is 17.6 Å². The van der Waals surface area contributed by atoms with Crippen LogP contribution >= 0.6 is 11.6 Å². The third kappa shape index (κ3) is 4.21. The second-order valence-electron chi connectivity index (χ2n) is 8.06. The smallest absolute Gasteiger partial charge is 0.344 e. The second kappa shape index (κ2) is 8.60. The van der Waals surface area contributed by atoms with E-state index in [1.165, 1.54) is 18.6 Å². The molecular weight excluding hydrogens is 413 g/mol. The van der Waals surface area contributed by atoms with Crippen LogP contribution < -0.4 is 5.32 Å². The summed E-state index contributed by atoms with van der Waals surface area (Å²) in [5.74, 6) is -0.583. The molecule has 0 aliphatic carbocycles. The van der Waals surface area contributed by atoms with Gasteiger partial charge in [-0.15, -0.1) is 0 Å². The minimum Gasteiger partial charge on any atom is -0.344 e. The number of hydrogen-bond donors (Lipinski definition) is 1. The number of nitrogens with zero attached hydrogens (tertiary/aromatic N) is 1. The molecule has 3 atom stereocenters. The van der Waals surface area contributed by atoms with Crippen molar-refractivity contribution in [2.75, 3.05) is 6.54 Å². The molecule has 2 aliphatic heterocycles. The number of benzene rings is 2. The van der Waals surface area contributed by atoms with Gasteiger partial charge in [-0.2, -0.15) is 13.2 Å². The number of carbonyl (C=O) groups excluding carboxylic acids is 1. The van der Waals surface area contributed by atoms with Crippen molar-refractivity contribution in [1.29, 1.82) is 0 Å². The molecule has 2 saturated heterocycles. The van der Waals surface area contributed by atoms with E-state index in [0.29, 0.717) is 6.04 Å². The lowest BCUT2D eigenvalue weighted by molar-refractivity contribution is -0.137. The predicted octanol–water partition coefficient (Wildman–Crippen LogP) is 5.85. The Morgan fingerprint density at radius 2 is 1.80 bits per heavy atom. The maximum absolute atomic E-state index is 13.2. The second-order valence-corrected chi connectivity index (χ2v) is 8.44. The molecule has 2 aromatic rings. The topological polar surface area (TPSA) is 32.3 Å². The van der Waals surface area contributed by atoms with Crippen molar-refractivity contribution in [3.05, 3.63) is 70.2 Å². The van der Waals surface area contributed by atoms with Gasteiger partial charge in [0.2, 0.25) is 0 Å². The molecule has 0 aromatic heterocycles. The van der Waals surface area contributed by atoms with E-state index in [9.17, 15) is 18.0 Å². The monoisotopic (exact) mass is 436 g/mol. The van der Waals surface area contributed by atoms with E-state index in [0.717, 1.165) is 43.9 Å². The summed E-state index contributed by atoms with van der Waals surface area (Å²) in [5, 5.41) is 2.45. The zero-order valence-electron chi connectivity index (χ0n) is 16.5. The Hall–Kier alpha value is -2.05. The summed E-state index contributed by atoms with van der Waals surface area (Å²) in [4.78, 5) is 15.5. The normalized spacial score (nSPS) is 23.1. The summed E-state index contributed by atoms with van der Waals surface area (Å²) in [6.45, 7) is 0.985. The molecule has 0 saturated carbocycles. The molecule has 2 aliphatic rings. The zero-order chi connectivity index (χ0) is 21.3. The van der Waals surface area contributed by atoms with Gasteiger partial charge in [0, 0.05) is 12.1 Å². The van der Waals surface area contributed by atoms with Crippen LogP contribution in [0.3, 0.4) is 0 Å². The summed E-state index contributed by atoms with van der Waals surface area (Å²) in [7, 11) is 0. The van der Waals surface area contributed by atoms with E-state index in [2.05, 4.69) is 10.2 Å². The highest BCUT2D eigenvalue weighted by Gasteiger charge is 2.41. The van der Waals surface area contributed by atoms with E-state index in [1.54, 1.807) is 0 Å². The van der Waals surface area contributed by atoms with Gasteiger partial charge in [0.15, 0.2) is 0 Å². The number of nitrogens with one attached hydrogen (secondary N) is 1. The van der Waals surface area contributed by atoms with Gasteiger partial charge in [0.25, 0.3) is 5.91 Å². The van der Waals surface area contributed by atoms with Crippen molar-refractivity contribution in [3.8, 4) is 0 Å². The van der Waals surface area contributed by atoms with Crippen molar-refractivity contribution in [2.24, 2.45) is 0 Å². The van der Waals surface area contributed by atoms with Gasteiger partial charge >= 0.3 is 6.18 Å². The number of piperidine rings is 1. The minimum atomic E-state index is -4.61. The molecule has 1 unspecified atom stereocenters. The standard InChI is InChI=1S/C23H24ClF3N2O/c24-20-17(10-6-11-18(20)23(25,26)27)22(30)28-21(15-7-2-1-3-8-15)19-13-12-16-9-4-5-14-29(16)19/h1-3,6-8,10-11,16,19,21H,4-5,9,12-14H2,(H,28,30)/t16-,19+,21?/m1/s1. The molecule has 2 aromatic carbocycles. The molecule has 2 heterocycles. The predicted molar refractivity (Wildman–Crippen MR) is 110 cm³/mol. The first-order valence-corrected chi connectivity index (χ1v) is 10.7. The fourth-order valence-corrected chi connectivity index (χ4v) is 5.18. The number of amides is 1. The number of hydrogen-bond acceptors (Lipinski definition) is 2. The summed E-state index contributed by atoms with van der Waals surface area (Å²) in [6, 6.07) is 13.4. The van der Waals surface area contributed by atoms with E-state index in [1.807, 2.05) is 30.3 Å². The van der Waals surface area contributed by atoms with E-state index in [4.69, 9.17) is 11.6 Å². The minimum absolute atomic E-state index is 0.117. The lowest BCUT2D eigenvalue weighted by atomic mass is 9.96. The van der Waals surface area contributed by atoms with Crippen molar-refractivity contribution in [2.45, 2.75) is 56.4 Å². The molecule has 1 N–H and O–H groups in total. The van der Waals surface area contributed by atoms with Gasteiger partial charge in [-0.05, 0) is 49.9 Å². The van der Waals surface area contributed by atoms with Gasteiger partial charge in [-0.25, -0.2) is 0 Å². The highest BCUT2D eigenvalue weighted by atomic mass is 35.5. The average Bonchev–Trinajstić information content (AvgIpc) is 3.15. The average molecular weight is 437 g/mol. The fraction of sp³-hybridized carbons (Fsp3) is 0.435. The third-order valence-electron chi connectivity index (χ3n) is 6.27. The Morgan fingerprint density at radius 1 is 1.03 bits per heavy atom. The number of alkyl halides is 3. The van der Waals surface area contributed by atoms with Crippen molar-refractivity contribution in [3.63, 3.8) is 0 Å². The van der Waals surface area contributed by atoms with Crippen LogP contribution in [0.1, 0.15) is 59.6 Å². The van der Waals surface area contributed by atoms with E-state index < -0.39 is 22.7 Å². The lowest BCUT2D eigenvalue weighted by Crippen LogP contribution is -2.47. The fourth-order valence-electron chi connectivity index (χ4n) is 4.86. The molecule has 7 heteroatoms.